The van der Waals surface area contributed by atoms with Crippen molar-refractivity contribution >= 4 is 10.9 Å². The lowest BCUT2D eigenvalue weighted by Crippen LogP contribution is -1.88. The summed E-state index contributed by atoms with van der Waals surface area (Å²) < 4.78 is 5.16. The Bertz CT molecular complexity index is 412. The third-order valence-electron chi connectivity index (χ3n) is 2.32. The van der Waals surface area contributed by atoms with Gasteiger partial charge in [-0.15, -0.1) is 0 Å². The number of aromatic nitrogens is 1. The van der Waals surface area contributed by atoms with Crippen molar-refractivity contribution in [3.05, 3.63) is 36.0 Å². The lowest BCUT2D eigenvalue weighted by Gasteiger charge is -2.03. The predicted molar refractivity (Wildman–Crippen MR) is 57.7 cm³/mol. The van der Waals surface area contributed by atoms with Crippen LogP contribution in [0.2, 0.25) is 0 Å². The number of benzene rings is 1. The molecule has 0 radical (unpaired) electrons. The van der Waals surface area contributed by atoms with Crippen LogP contribution < -0.4 is 4.74 Å². The first-order chi connectivity index (χ1) is 6.83. The Morgan fingerprint density at radius 2 is 2.00 bits per heavy atom. The van der Waals surface area contributed by atoms with Gasteiger partial charge in [0.1, 0.15) is 5.75 Å². The van der Waals surface area contributed by atoms with Gasteiger partial charge in [-0.1, -0.05) is 13.0 Å². The van der Waals surface area contributed by atoms with Crippen molar-refractivity contribution in [2.45, 2.75) is 13.3 Å². The van der Waals surface area contributed by atoms with Gasteiger partial charge >= 0.3 is 0 Å². The summed E-state index contributed by atoms with van der Waals surface area (Å²) in [7, 11) is 1.67. The number of rotatable bonds is 2. The highest BCUT2D eigenvalue weighted by Gasteiger charge is 1.98. The van der Waals surface area contributed by atoms with Crippen LogP contribution in [0.25, 0.3) is 10.9 Å². The van der Waals surface area contributed by atoms with Crippen molar-refractivity contribution in [3.8, 4) is 5.75 Å². The van der Waals surface area contributed by atoms with Crippen LogP contribution in [0.3, 0.4) is 0 Å². The van der Waals surface area contributed by atoms with Crippen LogP contribution in [-0.2, 0) is 6.42 Å². The maximum absolute atomic E-state index is 5.16. The van der Waals surface area contributed by atoms with Crippen molar-refractivity contribution in [1.82, 2.24) is 4.98 Å². The smallest absolute Gasteiger partial charge is 0.121 e. The van der Waals surface area contributed by atoms with Crippen molar-refractivity contribution in [2.75, 3.05) is 7.11 Å². The Morgan fingerprint density at radius 1 is 1.21 bits per heavy atom. The molecule has 0 aliphatic rings. The van der Waals surface area contributed by atoms with E-state index in [-0.39, 0.29) is 0 Å². The fourth-order valence-electron chi connectivity index (χ4n) is 1.46. The van der Waals surface area contributed by atoms with Gasteiger partial charge in [-0.3, -0.25) is 4.98 Å². The molecule has 2 rings (SSSR count). The Hall–Kier alpha value is -1.57. The van der Waals surface area contributed by atoms with Crippen LogP contribution in [0.1, 0.15) is 12.6 Å². The lowest BCUT2D eigenvalue weighted by atomic mass is 10.2. The molecule has 0 aliphatic carbocycles. The van der Waals surface area contributed by atoms with Crippen LogP contribution in [0.5, 0.6) is 5.75 Å². The van der Waals surface area contributed by atoms with Gasteiger partial charge < -0.3 is 4.74 Å². The summed E-state index contributed by atoms with van der Waals surface area (Å²) in [6, 6.07) is 10.1. The van der Waals surface area contributed by atoms with E-state index < -0.39 is 0 Å². The van der Waals surface area contributed by atoms with Gasteiger partial charge in [0.15, 0.2) is 0 Å². The molecule has 2 aromatic rings. The quantitative estimate of drug-likeness (QED) is 0.721. The molecule has 2 nitrogen and oxygen atoms in total. The van der Waals surface area contributed by atoms with Crippen LogP contribution in [0, 0.1) is 0 Å². The summed E-state index contributed by atoms with van der Waals surface area (Å²) in [4.78, 5) is 4.52. The summed E-state index contributed by atoms with van der Waals surface area (Å²) in [6.45, 7) is 2.11. The van der Waals surface area contributed by atoms with Crippen molar-refractivity contribution < 1.29 is 4.74 Å². The van der Waals surface area contributed by atoms with E-state index in [4.69, 9.17) is 4.74 Å². The third-order valence-corrected chi connectivity index (χ3v) is 2.32. The van der Waals surface area contributed by atoms with Crippen LogP contribution in [-0.4, -0.2) is 12.1 Å². The SMILES string of the molecule is CCc1ccc2ccc(OC)cc2n1. The van der Waals surface area contributed by atoms with Crippen molar-refractivity contribution in [3.63, 3.8) is 0 Å². The highest BCUT2D eigenvalue weighted by atomic mass is 16.5. The number of fused-ring (bicyclic) bond motifs is 1. The monoisotopic (exact) mass is 187 g/mol. The second-order valence-corrected chi connectivity index (χ2v) is 3.21. The maximum atomic E-state index is 5.16. The number of ether oxygens (including phenoxy) is 1. The van der Waals surface area contributed by atoms with E-state index in [1.165, 1.54) is 0 Å². The molecule has 0 unspecified atom stereocenters. The molecular formula is C12H13NO. The van der Waals surface area contributed by atoms with Crippen LogP contribution in [0.15, 0.2) is 30.3 Å². The van der Waals surface area contributed by atoms with Gasteiger partial charge in [-0.05, 0) is 24.6 Å². The van der Waals surface area contributed by atoms with E-state index in [1.807, 2.05) is 18.2 Å². The van der Waals surface area contributed by atoms with Gasteiger partial charge in [-0.2, -0.15) is 0 Å². The van der Waals surface area contributed by atoms with Crippen LogP contribution >= 0.6 is 0 Å². The van der Waals surface area contributed by atoms with Gasteiger partial charge in [-0.25, -0.2) is 0 Å². The molecule has 0 aliphatic heterocycles. The first-order valence-corrected chi connectivity index (χ1v) is 4.77. The van der Waals surface area contributed by atoms with Gasteiger partial charge in [0.25, 0.3) is 0 Å². The number of hydrogen-bond acceptors (Lipinski definition) is 2. The molecule has 1 aromatic carbocycles. The standard InChI is InChI=1S/C12H13NO/c1-3-10-6-4-9-5-7-11(14-2)8-12(9)13-10/h4-8H,3H2,1-2H3. The molecule has 14 heavy (non-hydrogen) atoms. The molecule has 0 atom stereocenters. The van der Waals surface area contributed by atoms with E-state index >= 15 is 0 Å². The fourth-order valence-corrected chi connectivity index (χ4v) is 1.46. The number of aryl methyl sites for hydroxylation is 1. The minimum absolute atomic E-state index is 0.859. The summed E-state index contributed by atoms with van der Waals surface area (Å²) in [5.41, 5.74) is 2.12. The third kappa shape index (κ3) is 1.55. The van der Waals surface area contributed by atoms with E-state index in [9.17, 15) is 0 Å². The summed E-state index contributed by atoms with van der Waals surface area (Å²) in [6.07, 6.45) is 0.965. The molecule has 72 valence electrons. The molecule has 0 fully saturated rings. The molecule has 0 N–H and O–H groups in total. The zero-order valence-electron chi connectivity index (χ0n) is 8.45. The Morgan fingerprint density at radius 3 is 2.71 bits per heavy atom. The molecule has 0 bridgehead atoms. The van der Waals surface area contributed by atoms with Crippen molar-refractivity contribution in [1.29, 1.82) is 0 Å². The number of methoxy groups -OCH3 is 1. The Labute approximate surface area is 83.5 Å². The molecule has 0 saturated heterocycles. The molecular weight excluding hydrogens is 174 g/mol. The van der Waals surface area contributed by atoms with Gasteiger partial charge in [0.05, 0.1) is 12.6 Å². The fraction of sp³-hybridized carbons (Fsp3) is 0.250. The molecule has 1 aromatic heterocycles. The van der Waals surface area contributed by atoms with Crippen molar-refractivity contribution in [2.24, 2.45) is 0 Å². The average Bonchev–Trinajstić information content (AvgIpc) is 2.27. The summed E-state index contributed by atoms with van der Waals surface area (Å²) in [5, 5.41) is 1.16. The zero-order chi connectivity index (χ0) is 9.97. The molecule has 0 saturated carbocycles. The highest BCUT2D eigenvalue weighted by Crippen LogP contribution is 2.19. The lowest BCUT2D eigenvalue weighted by molar-refractivity contribution is 0.415. The Kier molecular flexibility index (Phi) is 2.35. The average molecular weight is 187 g/mol. The minimum atomic E-state index is 0.859. The maximum Gasteiger partial charge on any atom is 0.121 e. The first-order valence-electron chi connectivity index (χ1n) is 4.77. The minimum Gasteiger partial charge on any atom is -0.497 e. The van der Waals surface area contributed by atoms with Crippen LogP contribution in [0.4, 0.5) is 0 Å². The normalized spacial score (nSPS) is 10.4. The Balaban J connectivity index is 2.60. The number of nitrogens with zero attached hydrogens (tertiary/aromatic N) is 1. The first kappa shape index (κ1) is 9.00. The largest absolute Gasteiger partial charge is 0.497 e. The molecule has 0 spiro atoms. The zero-order valence-corrected chi connectivity index (χ0v) is 8.45. The highest BCUT2D eigenvalue weighted by molar-refractivity contribution is 5.80. The van der Waals surface area contributed by atoms with E-state index in [0.29, 0.717) is 0 Å². The second kappa shape index (κ2) is 3.66. The summed E-state index contributed by atoms with van der Waals surface area (Å²) >= 11 is 0. The van der Waals surface area contributed by atoms with E-state index in [1.54, 1.807) is 7.11 Å². The molecule has 1 heterocycles. The molecule has 0 amide bonds. The topological polar surface area (TPSA) is 22.1 Å². The number of pyridine rings is 1. The summed E-state index contributed by atoms with van der Waals surface area (Å²) in [5.74, 6) is 0.859. The number of hydrogen-bond donors (Lipinski definition) is 0. The van der Waals surface area contributed by atoms with Gasteiger partial charge in [0.2, 0.25) is 0 Å². The van der Waals surface area contributed by atoms with Gasteiger partial charge in [0, 0.05) is 17.1 Å². The van der Waals surface area contributed by atoms with E-state index in [0.717, 1.165) is 28.8 Å². The van der Waals surface area contributed by atoms with E-state index in [2.05, 4.69) is 24.0 Å². The second-order valence-electron chi connectivity index (χ2n) is 3.21. The molecule has 2 heteroatoms. The predicted octanol–water partition coefficient (Wildman–Crippen LogP) is 2.81.